The maximum absolute atomic E-state index is 11.9. The number of halogens is 1. The Labute approximate surface area is 160 Å². The third-order valence-corrected chi connectivity index (χ3v) is 4.86. The standard InChI is InChI=1S/C18H16ClN5OS/c1-24-17(13-7-3-2-4-8-13)22-23-18(24)26-12-16(25)21-20-11-14-9-5-6-10-15(14)19/h2-11H,12H2,1H3,(H,21,25). The number of amides is 1. The fourth-order valence-corrected chi connectivity index (χ4v) is 3.08. The van der Waals surface area contributed by atoms with Crippen molar-refractivity contribution in [2.75, 3.05) is 5.75 Å². The van der Waals surface area contributed by atoms with Crippen molar-refractivity contribution in [3.05, 3.63) is 65.2 Å². The van der Waals surface area contributed by atoms with Crippen LogP contribution in [0.2, 0.25) is 5.02 Å². The van der Waals surface area contributed by atoms with Gasteiger partial charge < -0.3 is 4.57 Å². The van der Waals surface area contributed by atoms with Gasteiger partial charge in [0, 0.05) is 23.2 Å². The molecule has 3 aromatic rings. The fourth-order valence-electron chi connectivity index (χ4n) is 2.20. The van der Waals surface area contributed by atoms with Crippen LogP contribution in [0.5, 0.6) is 0 Å². The highest BCUT2D eigenvalue weighted by Gasteiger charge is 2.12. The van der Waals surface area contributed by atoms with Gasteiger partial charge in [0.15, 0.2) is 11.0 Å². The Balaban J connectivity index is 1.55. The van der Waals surface area contributed by atoms with Crippen molar-refractivity contribution >= 4 is 35.5 Å². The number of nitrogens with one attached hydrogen (secondary N) is 1. The maximum Gasteiger partial charge on any atom is 0.250 e. The summed E-state index contributed by atoms with van der Waals surface area (Å²) in [6.07, 6.45) is 1.51. The molecule has 0 atom stereocenters. The van der Waals surface area contributed by atoms with Gasteiger partial charge >= 0.3 is 0 Å². The highest BCUT2D eigenvalue weighted by atomic mass is 35.5. The molecule has 0 fully saturated rings. The number of hydrazone groups is 1. The third kappa shape index (κ3) is 4.50. The first kappa shape index (κ1) is 18.2. The molecular formula is C18H16ClN5OS. The summed E-state index contributed by atoms with van der Waals surface area (Å²) in [6.45, 7) is 0. The van der Waals surface area contributed by atoms with Gasteiger partial charge in [-0.1, -0.05) is 71.9 Å². The molecule has 0 unspecified atom stereocenters. The van der Waals surface area contributed by atoms with E-state index in [0.717, 1.165) is 17.0 Å². The normalized spacial score (nSPS) is 11.0. The van der Waals surface area contributed by atoms with Gasteiger partial charge in [0.2, 0.25) is 0 Å². The number of aromatic nitrogens is 3. The number of hydrogen-bond donors (Lipinski definition) is 1. The van der Waals surface area contributed by atoms with E-state index >= 15 is 0 Å². The van der Waals surface area contributed by atoms with Crippen molar-refractivity contribution in [3.8, 4) is 11.4 Å². The Hall–Kier alpha value is -2.64. The van der Waals surface area contributed by atoms with Crippen LogP contribution in [0.1, 0.15) is 5.56 Å². The Morgan fingerprint density at radius 2 is 1.92 bits per heavy atom. The second-order valence-corrected chi connectivity index (χ2v) is 6.68. The minimum Gasteiger partial charge on any atom is -0.305 e. The van der Waals surface area contributed by atoms with E-state index in [1.54, 1.807) is 6.07 Å². The molecule has 1 amide bonds. The van der Waals surface area contributed by atoms with Gasteiger partial charge in [-0.05, 0) is 6.07 Å². The number of thioether (sulfide) groups is 1. The molecule has 3 rings (SSSR count). The van der Waals surface area contributed by atoms with E-state index in [1.807, 2.05) is 60.1 Å². The molecule has 0 saturated carbocycles. The van der Waals surface area contributed by atoms with Gasteiger partial charge in [0.05, 0.1) is 12.0 Å². The number of benzene rings is 2. The molecular weight excluding hydrogens is 370 g/mol. The summed E-state index contributed by atoms with van der Waals surface area (Å²) in [5.41, 5.74) is 4.19. The minimum absolute atomic E-state index is 0.181. The van der Waals surface area contributed by atoms with E-state index in [0.29, 0.717) is 10.2 Å². The zero-order valence-corrected chi connectivity index (χ0v) is 15.5. The molecule has 0 spiro atoms. The van der Waals surface area contributed by atoms with Gasteiger partial charge in [0.1, 0.15) is 0 Å². The van der Waals surface area contributed by atoms with E-state index in [9.17, 15) is 4.79 Å². The van der Waals surface area contributed by atoms with Crippen molar-refractivity contribution < 1.29 is 4.79 Å². The molecule has 0 radical (unpaired) electrons. The molecule has 1 aromatic heterocycles. The second kappa shape index (κ2) is 8.64. The van der Waals surface area contributed by atoms with Gasteiger partial charge in [-0.15, -0.1) is 10.2 Å². The molecule has 0 aliphatic rings. The van der Waals surface area contributed by atoms with Crippen LogP contribution < -0.4 is 5.43 Å². The van der Waals surface area contributed by atoms with E-state index in [1.165, 1.54) is 18.0 Å². The lowest BCUT2D eigenvalue weighted by atomic mass is 10.2. The van der Waals surface area contributed by atoms with Crippen LogP contribution in [0.15, 0.2) is 64.9 Å². The van der Waals surface area contributed by atoms with E-state index in [2.05, 4.69) is 20.7 Å². The van der Waals surface area contributed by atoms with E-state index < -0.39 is 0 Å². The fraction of sp³-hybridized carbons (Fsp3) is 0.111. The number of carbonyl (C=O) groups is 1. The Morgan fingerprint density at radius 3 is 2.69 bits per heavy atom. The van der Waals surface area contributed by atoms with Crippen LogP contribution >= 0.6 is 23.4 Å². The summed E-state index contributed by atoms with van der Waals surface area (Å²) in [5, 5.41) is 13.5. The predicted octanol–water partition coefficient (Wildman–Crippen LogP) is 3.38. The molecule has 2 aromatic carbocycles. The van der Waals surface area contributed by atoms with Crippen molar-refractivity contribution in [2.24, 2.45) is 12.1 Å². The van der Waals surface area contributed by atoms with Crippen LogP contribution in [-0.2, 0) is 11.8 Å². The van der Waals surface area contributed by atoms with E-state index in [-0.39, 0.29) is 11.7 Å². The molecule has 1 N–H and O–H groups in total. The first-order chi connectivity index (χ1) is 12.6. The summed E-state index contributed by atoms with van der Waals surface area (Å²) in [4.78, 5) is 11.9. The second-order valence-electron chi connectivity index (χ2n) is 5.33. The molecule has 8 heteroatoms. The highest BCUT2D eigenvalue weighted by molar-refractivity contribution is 7.99. The number of rotatable bonds is 6. The lowest BCUT2D eigenvalue weighted by molar-refractivity contribution is -0.118. The smallest absolute Gasteiger partial charge is 0.250 e. The zero-order chi connectivity index (χ0) is 18.4. The SMILES string of the molecule is Cn1c(SCC(=O)NN=Cc2ccccc2Cl)nnc1-c1ccccc1. The Kier molecular flexibility index (Phi) is 6.04. The monoisotopic (exact) mass is 385 g/mol. The van der Waals surface area contributed by atoms with Crippen molar-refractivity contribution in [1.82, 2.24) is 20.2 Å². The topological polar surface area (TPSA) is 72.2 Å². The van der Waals surface area contributed by atoms with Crippen LogP contribution in [0.4, 0.5) is 0 Å². The van der Waals surface area contributed by atoms with Gasteiger partial charge in [0.25, 0.3) is 5.91 Å². The third-order valence-electron chi connectivity index (χ3n) is 3.50. The van der Waals surface area contributed by atoms with Crippen LogP contribution in [0.25, 0.3) is 11.4 Å². The average Bonchev–Trinajstić information content (AvgIpc) is 3.03. The molecule has 132 valence electrons. The average molecular weight is 386 g/mol. The Bertz CT molecular complexity index is 926. The molecule has 0 aliphatic heterocycles. The summed E-state index contributed by atoms with van der Waals surface area (Å²) in [6, 6.07) is 17.0. The molecule has 26 heavy (non-hydrogen) atoms. The summed E-state index contributed by atoms with van der Waals surface area (Å²) in [7, 11) is 1.87. The highest BCUT2D eigenvalue weighted by Crippen LogP contribution is 2.22. The van der Waals surface area contributed by atoms with Crippen molar-refractivity contribution in [2.45, 2.75) is 5.16 Å². The Morgan fingerprint density at radius 1 is 1.19 bits per heavy atom. The summed E-state index contributed by atoms with van der Waals surface area (Å²) in [5.74, 6) is 0.702. The maximum atomic E-state index is 11.9. The molecule has 1 heterocycles. The van der Waals surface area contributed by atoms with Crippen LogP contribution in [0, 0.1) is 0 Å². The van der Waals surface area contributed by atoms with E-state index in [4.69, 9.17) is 11.6 Å². The first-order valence-electron chi connectivity index (χ1n) is 7.79. The van der Waals surface area contributed by atoms with Crippen LogP contribution in [-0.4, -0.2) is 32.6 Å². The molecule has 6 nitrogen and oxygen atoms in total. The number of hydrogen-bond acceptors (Lipinski definition) is 5. The van der Waals surface area contributed by atoms with Gasteiger partial charge in [-0.2, -0.15) is 5.10 Å². The van der Waals surface area contributed by atoms with Crippen LogP contribution in [0.3, 0.4) is 0 Å². The number of carbonyl (C=O) groups excluding carboxylic acids is 1. The molecule has 0 saturated heterocycles. The summed E-state index contributed by atoms with van der Waals surface area (Å²) < 4.78 is 1.86. The molecule has 0 bridgehead atoms. The van der Waals surface area contributed by atoms with Gasteiger partial charge in [-0.3, -0.25) is 4.79 Å². The largest absolute Gasteiger partial charge is 0.305 e. The summed E-state index contributed by atoms with van der Waals surface area (Å²) >= 11 is 7.32. The number of nitrogens with zero attached hydrogens (tertiary/aromatic N) is 4. The van der Waals surface area contributed by atoms with Crippen molar-refractivity contribution in [1.29, 1.82) is 0 Å². The van der Waals surface area contributed by atoms with Gasteiger partial charge in [-0.25, -0.2) is 5.43 Å². The minimum atomic E-state index is -0.234. The molecule has 0 aliphatic carbocycles. The zero-order valence-electron chi connectivity index (χ0n) is 14.0. The quantitative estimate of drug-likeness (QED) is 0.401. The van der Waals surface area contributed by atoms with Crippen molar-refractivity contribution in [3.63, 3.8) is 0 Å². The lowest BCUT2D eigenvalue weighted by Gasteiger charge is -2.03. The predicted molar refractivity (Wildman–Crippen MR) is 104 cm³/mol. The lowest BCUT2D eigenvalue weighted by Crippen LogP contribution is -2.19. The first-order valence-corrected chi connectivity index (χ1v) is 9.15.